The van der Waals surface area contributed by atoms with Crippen LogP contribution in [0.25, 0.3) is 11.1 Å². The van der Waals surface area contributed by atoms with E-state index >= 15 is 0 Å². The zero-order valence-corrected chi connectivity index (χ0v) is 14.4. The number of carbonyl (C=O) groups excluding carboxylic acids is 1. The van der Waals surface area contributed by atoms with Gasteiger partial charge in [0.2, 0.25) is 5.91 Å². The molecule has 0 saturated carbocycles. The molecular formula is C16H18N4O4S. The van der Waals surface area contributed by atoms with Crippen molar-refractivity contribution in [2.24, 2.45) is 5.41 Å². The van der Waals surface area contributed by atoms with E-state index in [-0.39, 0.29) is 12.2 Å². The van der Waals surface area contributed by atoms with E-state index in [1.807, 2.05) is 6.07 Å². The molecule has 132 valence electrons. The van der Waals surface area contributed by atoms with Crippen LogP contribution < -0.4 is 5.48 Å². The number of thiol groups is 1. The maximum atomic E-state index is 11.8. The van der Waals surface area contributed by atoms with Crippen LogP contribution in [0.5, 0.6) is 0 Å². The lowest BCUT2D eigenvalue weighted by Gasteiger charge is -2.24. The van der Waals surface area contributed by atoms with Crippen molar-refractivity contribution in [2.45, 2.75) is 19.9 Å². The van der Waals surface area contributed by atoms with Crippen molar-refractivity contribution >= 4 is 16.6 Å². The van der Waals surface area contributed by atoms with E-state index in [2.05, 4.69) is 11.2 Å². The summed E-state index contributed by atoms with van der Waals surface area (Å²) in [7, 11) is -2.78. The Hall–Kier alpha value is -2.70. The number of amides is 1. The monoisotopic (exact) mass is 362 g/mol. The van der Waals surface area contributed by atoms with Crippen LogP contribution >= 0.6 is 0 Å². The molecule has 1 aromatic carbocycles. The third-order valence-electron chi connectivity index (χ3n) is 3.98. The first-order valence-electron chi connectivity index (χ1n) is 7.47. The Balaban J connectivity index is 2.14. The lowest BCUT2D eigenvalue weighted by Crippen LogP contribution is -2.41. The largest absolute Gasteiger partial charge is 0.289 e. The minimum atomic E-state index is -2.78. The van der Waals surface area contributed by atoms with Crippen molar-refractivity contribution in [1.82, 2.24) is 15.3 Å². The molecule has 0 fully saturated rings. The second-order valence-electron chi connectivity index (χ2n) is 5.93. The Kier molecular flexibility index (Phi) is 5.90. The first-order valence-corrected chi connectivity index (χ1v) is 8.83. The van der Waals surface area contributed by atoms with Gasteiger partial charge in [0.05, 0.1) is 29.0 Å². The average Bonchev–Trinajstić information content (AvgIpc) is 3.08. The molecule has 2 aromatic rings. The van der Waals surface area contributed by atoms with Crippen molar-refractivity contribution in [3.63, 3.8) is 0 Å². The fourth-order valence-corrected chi connectivity index (χ4v) is 3.32. The summed E-state index contributed by atoms with van der Waals surface area (Å²) in [6, 6.07) is 9.15. The number of nitrogens with one attached hydrogen (secondary N) is 1. The Labute approximate surface area is 146 Å². The van der Waals surface area contributed by atoms with Crippen molar-refractivity contribution in [3.05, 3.63) is 42.2 Å². The van der Waals surface area contributed by atoms with Crippen LogP contribution in [0.4, 0.5) is 0 Å². The summed E-state index contributed by atoms with van der Waals surface area (Å²) < 4.78 is 23.6. The van der Waals surface area contributed by atoms with E-state index in [4.69, 9.17) is 10.5 Å². The highest BCUT2D eigenvalue weighted by molar-refractivity contribution is 7.72. The Bertz CT molecular complexity index is 876. The molecule has 1 unspecified atom stereocenters. The SMILES string of the molecule is CC(CCn1cc(-c2cccc(C#N)c2)cn1)(C[SH](=O)=O)C(=O)NO. The van der Waals surface area contributed by atoms with Gasteiger partial charge in [0, 0.05) is 18.3 Å². The predicted molar refractivity (Wildman–Crippen MR) is 90.2 cm³/mol. The standard InChI is InChI=1S/C16H18N4O4S/c1-16(11-25(23)24,15(21)19-22)5-6-20-10-14(9-18-20)13-4-2-3-12(7-13)8-17/h2-4,7,9-10,22,25H,5-6,11H2,1H3,(H,19,21). The highest BCUT2D eigenvalue weighted by atomic mass is 32.2. The Morgan fingerprint density at radius 2 is 2.20 bits per heavy atom. The van der Waals surface area contributed by atoms with E-state index in [0.29, 0.717) is 12.1 Å². The third-order valence-corrected chi connectivity index (χ3v) is 4.93. The van der Waals surface area contributed by atoms with Gasteiger partial charge in [0.25, 0.3) is 0 Å². The van der Waals surface area contributed by atoms with Crippen LogP contribution in [0.2, 0.25) is 0 Å². The molecule has 0 aliphatic carbocycles. The number of carbonyl (C=O) groups is 1. The number of aryl methyl sites for hydroxylation is 1. The summed E-state index contributed by atoms with van der Waals surface area (Å²) in [5.41, 5.74) is 2.45. The van der Waals surface area contributed by atoms with Gasteiger partial charge in [-0.25, -0.2) is 13.9 Å². The van der Waals surface area contributed by atoms with Gasteiger partial charge < -0.3 is 0 Å². The second-order valence-corrected chi connectivity index (χ2v) is 6.91. The Morgan fingerprint density at radius 1 is 1.44 bits per heavy atom. The van der Waals surface area contributed by atoms with Crippen molar-refractivity contribution in [2.75, 3.05) is 5.75 Å². The fourth-order valence-electron chi connectivity index (χ4n) is 2.45. The van der Waals surface area contributed by atoms with Crippen molar-refractivity contribution in [1.29, 1.82) is 5.26 Å². The topological polar surface area (TPSA) is 125 Å². The summed E-state index contributed by atoms with van der Waals surface area (Å²) in [5.74, 6) is -1.12. The molecule has 0 spiro atoms. The number of aromatic nitrogens is 2. The summed E-state index contributed by atoms with van der Waals surface area (Å²) in [6.45, 7) is 1.77. The van der Waals surface area contributed by atoms with Gasteiger partial charge >= 0.3 is 0 Å². The zero-order valence-electron chi connectivity index (χ0n) is 13.5. The minimum Gasteiger partial charge on any atom is -0.289 e. The maximum absolute atomic E-state index is 11.8. The van der Waals surface area contributed by atoms with Gasteiger partial charge in [-0.05, 0) is 31.0 Å². The predicted octanol–water partition coefficient (Wildman–Crippen LogP) is 0.935. The first kappa shape index (κ1) is 18.6. The molecule has 0 aliphatic rings. The van der Waals surface area contributed by atoms with Crippen LogP contribution in [-0.4, -0.2) is 35.1 Å². The van der Waals surface area contributed by atoms with E-state index < -0.39 is 22.0 Å². The molecule has 1 heterocycles. The molecule has 9 heteroatoms. The van der Waals surface area contributed by atoms with Crippen LogP contribution in [0, 0.1) is 16.7 Å². The van der Waals surface area contributed by atoms with Crippen LogP contribution in [-0.2, 0) is 22.0 Å². The number of hydrogen-bond donors (Lipinski definition) is 3. The molecule has 0 aliphatic heterocycles. The third kappa shape index (κ3) is 4.65. The first-order chi connectivity index (χ1) is 11.9. The van der Waals surface area contributed by atoms with Gasteiger partial charge in [0.1, 0.15) is 10.7 Å². The molecule has 0 radical (unpaired) electrons. The van der Waals surface area contributed by atoms with Crippen LogP contribution in [0.3, 0.4) is 0 Å². The highest BCUT2D eigenvalue weighted by Gasteiger charge is 2.34. The molecular weight excluding hydrogens is 344 g/mol. The van der Waals surface area contributed by atoms with Gasteiger partial charge in [-0.1, -0.05) is 12.1 Å². The van der Waals surface area contributed by atoms with Crippen molar-refractivity contribution < 1.29 is 18.4 Å². The molecule has 8 nitrogen and oxygen atoms in total. The number of nitriles is 1. The van der Waals surface area contributed by atoms with E-state index in [1.54, 1.807) is 35.3 Å². The zero-order chi connectivity index (χ0) is 18.4. The smallest absolute Gasteiger partial charge is 0.250 e. The number of benzene rings is 1. The number of nitrogens with zero attached hydrogens (tertiary/aromatic N) is 3. The molecule has 25 heavy (non-hydrogen) atoms. The van der Waals surface area contributed by atoms with Gasteiger partial charge in [-0.15, -0.1) is 0 Å². The summed E-state index contributed by atoms with van der Waals surface area (Å²) in [5, 5.41) is 22.0. The molecule has 2 N–H and O–H groups in total. The van der Waals surface area contributed by atoms with Crippen molar-refractivity contribution in [3.8, 4) is 17.2 Å². The number of hydrogen-bond acceptors (Lipinski definition) is 6. The molecule has 0 bridgehead atoms. The second kappa shape index (κ2) is 7.92. The van der Waals surface area contributed by atoms with Crippen LogP contribution in [0.1, 0.15) is 18.9 Å². The summed E-state index contributed by atoms with van der Waals surface area (Å²) >= 11 is 0. The summed E-state index contributed by atoms with van der Waals surface area (Å²) in [4.78, 5) is 11.8. The van der Waals surface area contributed by atoms with Crippen LogP contribution in [0.15, 0.2) is 36.7 Å². The van der Waals surface area contributed by atoms with Gasteiger partial charge in [-0.3, -0.25) is 14.7 Å². The molecule has 1 atom stereocenters. The van der Waals surface area contributed by atoms with E-state index in [1.165, 1.54) is 12.4 Å². The average molecular weight is 362 g/mol. The molecule has 0 saturated heterocycles. The van der Waals surface area contributed by atoms with E-state index in [0.717, 1.165) is 11.1 Å². The normalized spacial score (nSPS) is 13.2. The number of rotatable bonds is 7. The minimum absolute atomic E-state index is 0.183. The molecule has 1 aromatic heterocycles. The maximum Gasteiger partial charge on any atom is 0.250 e. The van der Waals surface area contributed by atoms with Gasteiger partial charge in [-0.2, -0.15) is 10.4 Å². The quantitative estimate of drug-likeness (QED) is 0.382. The number of hydroxylamine groups is 1. The lowest BCUT2D eigenvalue weighted by molar-refractivity contribution is -0.138. The van der Waals surface area contributed by atoms with Gasteiger partial charge in [0.15, 0.2) is 0 Å². The molecule has 1 amide bonds. The Morgan fingerprint density at radius 3 is 2.84 bits per heavy atom. The highest BCUT2D eigenvalue weighted by Crippen LogP contribution is 2.24. The lowest BCUT2D eigenvalue weighted by atomic mass is 9.88. The summed E-state index contributed by atoms with van der Waals surface area (Å²) in [6.07, 6.45) is 3.57. The fraction of sp³-hybridized carbons (Fsp3) is 0.312. The molecule has 2 rings (SSSR count). The van der Waals surface area contributed by atoms with E-state index in [9.17, 15) is 13.2 Å².